The summed E-state index contributed by atoms with van der Waals surface area (Å²) in [5.74, 6) is -1.71. The number of aliphatic carboxylic acids is 1. The van der Waals surface area contributed by atoms with Crippen LogP contribution in [0.4, 0.5) is 4.79 Å². The van der Waals surface area contributed by atoms with E-state index in [0.29, 0.717) is 13.1 Å². The van der Waals surface area contributed by atoms with Gasteiger partial charge in [-0.1, -0.05) is 48.5 Å². The number of likely N-dealkylation sites (N-methyl/N-ethyl adjacent to an activating group) is 2. The van der Waals surface area contributed by atoms with Crippen molar-refractivity contribution in [2.45, 2.75) is 24.4 Å². The van der Waals surface area contributed by atoms with E-state index in [0.717, 1.165) is 22.3 Å². The van der Waals surface area contributed by atoms with E-state index >= 15 is 0 Å². The number of carbonyl (C=O) groups is 3. The Balaban J connectivity index is 1.41. The standard InChI is InChI=1S/C24H27N3O5/c1-26-12-15(13-26)27(2)23(30)21(11-22(28)29)25-24(31)32-14-20-18-9-5-3-7-16(18)17-8-4-6-10-19(17)20/h3-10,15,20-21H,11-14H2,1-2H3,(H,25,31)(H,28,29). The van der Waals surface area contributed by atoms with Crippen LogP contribution in [0.2, 0.25) is 0 Å². The molecular formula is C24H27N3O5. The predicted molar refractivity (Wildman–Crippen MR) is 118 cm³/mol. The summed E-state index contributed by atoms with van der Waals surface area (Å²) >= 11 is 0. The third-order valence-electron chi connectivity index (χ3n) is 6.25. The summed E-state index contributed by atoms with van der Waals surface area (Å²) in [5.41, 5.74) is 4.38. The maximum absolute atomic E-state index is 12.8. The zero-order chi connectivity index (χ0) is 22.8. The molecule has 0 aromatic heterocycles. The van der Waals surface area contributed by atoms with Gasteiger partial charge in [0.05, 0.1) is 12.5 Å². The van der Waals surface area contributed by atoms with Crippen LogP contribution in [0.25, 0.3) is 11.1 Å². The van der Waals surface area contributed by atoms with Gasteiger partial charge in [0.2, 0.25) is 5.91 Å². The van der Waals surface area contributed by atoms with Crippen molar-refractivity contribution < 1.29 is 24.2 Å². The first-order chi connectivity index (χ1) is 15.3. The maximum atomic E-state index is 12.8. The van der Waals surface area contributed by atoms with Crippen LogP contribution >= 0.6 is 0 Å². The second kappa shape index (κ2) is 9.00. The van der Waals surface area contributed by atoms with Crippen LogP contribution in [0.1, 0.15) is 23.5 Å². The van der Waals surface area contributed by atoms with Crippen LogP contribution in [0.5, 0.6) is 0 Å². The van der Waals surface area contributed by atoms with Gasteiger partial charge >= 0.3 is 12.1 Å². The predicted octanol–water partition coefficient (Wildman–Crippen LogP) is 2.14. The Kier molecular flexibility index (Phi) is 6.14. The molecule has 2 aromatic rings. The van der Waals surface area contributed by atoms with E-state index in [1.165, 1.54) is 4.90 Å². The Labute approximate surface area is 186 Å². The smallest absolute Gasteiger partial charge is 0.407 e. The van der Waals surface area contributed by atoms with Crippen LogP contribution in [-0.2, 0) is 14.3 Å². The lowest BCUT2D eigenvalue weighted by molar-refractivity contribution is -0.144. The zero-order valence-corrected chi connectivity index (χ0v) is 18.2. The summed E-state index contributed by atoms with van der Waals surface area (Å²) in [6.07, 6.45) is -1.30. The quantitative estimate of drug-likeness (QED) is 0.689. The van der Waals surface area contributed by atoms with Crippen LogP contribution in [0, 0.1) is 0 Å². The van der Waals surface area contributed by atoms with Crippen molar-refractivity contribution in [3.8, 4) is 11.1 Å². The summed E-state index contributed by atoms with van der Waals surface area (Å²) in [6.45, 7) is 1.52. The van der Waals surface area contributed by atoms with Gasteiger partial charge in [-0.15, -0.1) is 0 Å². The molecule has 8 heteroatoms. The number of carbonyl (C=O) groups excluding carboxylic acids is 2. The van der Waals surface area contributed by atoms with Crippen molar-refractivity contribution in [2.75, 3.05) is 33.8 Å². The van der Waals surface area contributed by atoms with E-state index in [9.17, 15) is 19.5 Å². The van der Waals surface area contributed by atoms with Gasteiger partial charge in [0.1, 0.15) is 12.6 Å². The summed E-state index contributed by atoms with van der Waals surface area (Å²) in [6, 6.07) is 14.8. The SMILES string of the molecule is CN1CC(N(C)C(=O)C(CC(=O)O)NC(=O)OCC2c3ccccc3-c3ccccc32)C1. The largest absolute Gasteiger partial charge is 0.481 e. The molecule has 2 aliphatic rings. The molecule has 0 radical (unpaired) electrons. The number of benzene rings is 2. The molecule has 1 fully saturated rings. The first-order valence-electron chi connectivity index (χ1n) is 10.6. The normalized spacial score (nSPS) is 16.4. The van der Waals surface area contributed by atoms with E-state index in [-0.39, 0.29) is 18.6 Å². The van der Waals surface area contributed by atoms with Crippen molar-refractivity contribution in [3.63, 3.8) is 0 Å². The van der Waals surface area contributed by atoms with Gasteiger partial charge in [-0.05, 0) is 29.3 Å². The average Bonchev–Trinajstić information content (AvgIpc) is 3.07. The topological polar surface area (TPSA) is 99.2 Å². The molecule has 2 amide bonds. The Morgan fingerprint density at radius 1 is 1.09 bits per heavy atom. The lowest BCUT2D eigenvalue weighted by atomic mass is 9.98. The molecular weight excluding hydrogens is 410 g/mol. The van der Waals surface area contributed by atoms with Gasteiger partial charge in [-0.3, -0.25) is 9.59 Å². The van der Waals surface area contributed by atoms with Crippen molar-refractivity contribution in [1.29, 1.82) is 0 Å². The highest BCUT2D eigenvalue weighted by Crippen LogP contribution is 2.44. The summed E-state index contributed by atoms with van der Waals surface area (Å²) in [7, 11) is 3.58. The second-order valence-electron chi connectivity index (χ2n) is 8.44. The molecule has 0 bridgehead atoms. The van der Waals surface area contributed by atoms with Crippen LogP contribution < -0.4 is 5.32 Å². The number of hydrogen-bond donors (Lipinski definition) is 2. The Morgan fingerprint density at radius 2 is 1.66 bits per heavy atom. The number of alkyl carbamates (subject to hydrolysis) is 1. The minimum atomic E-state index is -1.18. The fourth-order valence-electron chi connectivity index (χ4n) is 4.49. The maximum Gasteiger partial charge on any atom is 0.407 e. The molecule has 1 atom stereocenters. The van der Waals surface area contributed by atoms with Crippen LogP contribution in [0.3, 0.4) is 0 Å². The molecule has 32 heavy (non-hydrogen) atoms. The first kappa shape index (κ1) is 21.8. The highest BCUT2D eigenvalue weighted by Gasteiger charge is 2.35. The number of hydrogen-bond acceptors (Lipinski definition) is 5. The van der Waals surface area contributed by atoms with Gasteiger partial charge in [0, 0.05) is 26.1 Å². The molecule has 2 N–H and O–H groups in total. The minimum Gasteiger partial charge on any atom is -0.481 e. The fourth-order valence-corrected chi connectivity index (χ4v) is 4.49. The summed E-state index contributed by atoms with van der Waals surface area (Å²) < 4.78 is 5.48. The summed E-state index contributed by atoms with van der Waals surface area (Å²) in [4.78, 5) is 40.2. The van der Waals surface area contributed by atoms with Crippen LogP contribution in [0.15, 0.2) is 48.5 Å². The van der Waals surface area contributed by atoms with Crippen molar-refractivity contribution >= 4 is 18.0 Å². The molecule has 0 spiro atoms. The van der Waals surface area contributed by atoms with Crippen molar-refractivity contribution in [3.05, 3.63) is 59.7 Å². The second-order valence-corrected chi connectivity index (χ2v) is 8.44. The molecule has 1 aliphatic heterocycles. The number of fused-ring (bicyclic) bond motifs is 3. The van der Waals surface area contributed by atoms with E-state index < -0.39 is 30.4 Å². The molecule has 4 rings (SSSR count). The molecule has 2 aromatic carbocycles. The lowest BCUT2D eigenvalue weighted by Gasteiger charge is -2.42. The highest BCUT2D eigenvalue weighted by atomic mass is 16.5. The lowest BCUT2D eigenvalue weighted by Crippen LogP contribution is -2.61. The third-order valence-corrected chi connectivity index (χ3v) is 6.25. The number of rotatable bonds is 7. The van der Waals surface area contributed by atoms with E-state index in [1.54, 1.807) is 7.05 Å². The number of ether oxygens (including phenoxy) is 1. The molecule has 1 saturated heterocycles. The molecule has 1 unspecified atom stereocenters. The highest BCUT2D eigenvalue weighted by molar-refractivity contribution is 5.89. The van der Waals surface area contributed by atoms with Crippen molar-refractivity contribution in [2.24, 2.45) is 0 Å². The number of nitrogens with one attached hydrogen (secondary N) is 1. The molecule has 8 nitrogen and oxygen atoms in total. The molecule has 1 aliphatic carbocycles. The average molecular weight is 437 g/mol. The number of nitrogens with zero attached hydrogens (tertiary/aromatic N) is 2. The first-order valence-corrected chi connectivity index (χ1v) is 10.6. The minimum absolute atomic E-state index is 0.00751. The zero-order valence-electron chi connectivity index (χ0n) is 18.2. The van der Waals surface area contributed by atoms with E-state index in [1.807, 2.05) is 55.6 Å². The van der Waals surface area contributed by atoms with Crippen LogP contribution in [-0.4, -0.2) is 78.8 Å². The third kappa shape index (κ3) is 4.31. The summed E-state index contributed by atoms with van der Waals surface area (Å²) in [5, 5.41) is 11.7. The molecule has 0 saturated carbocycles. The van der Waals surface area contributed by atoms with Gasteiger partial charge in [0.15, 0.2) is 0 Å². The molecule has 1 heterocycles. The monoisotopic (exact) mass is 437 g/mol. The van der Waals surface area contributed by atoms with E-state index in [2.05, 4.69) is 10.2 Å². The number of amides is 2. The number of carboxylic acid groups (broad SMARTS) is 1. The molecule has 168 valence electrons. The Bertz CT molecular complexity index is 988. The number of carboxylic acids is 1. The van der Waals surface area contributed by atoms with Gasteiger partial charge in [-0.25, -0.2) is 4.79 Å². The van der Waals surface area contributed by atoms with E-state index in [4.69, 9.17) is 4.74 Å². The Morgan fingerprint density at radius 3 is 2.19 bits per heavy atom. The fraction of sp³-hybridized carbons (Fsp3) is 0.375. The van der Waals surface area contributed by atoms with Crippen molar-refractivity contribution in [1.82, 2.24) is 15.1 Å². The Hall–Kier alpha value is -3.39. The van der Waals surface area contributed by atoms with Gasteiger partial charge < -0.3 is 25.0 Å². The number of likely N-dealkylation sites (tertiary alicyclic amines) is 1. The van der Waals surface area contributed by atoms with Gasteiger partial charge in [-0.2, -0.15) is 0 Å². The van der Waals surface area contributed by atoms with Gasteiger partial charge in [0.25, 0.3) is 0 Å².